The first-order chi connectivity index (χ1) is 11.4. The molecular formula is C19H22N2O3. The van der Waals surface area contributed by atoms with Crippen molar-refractivity contribution in [3.8, 4) is 0 Å². The zero-order valence-electron chi connectivity index (χ0n) is 13.9. The third kappa shape index (κ3) is 5.43. The molecule has 0 atom stereocenters. The molecule has 2 rings (SSSR count). The number of nitrogens with one attached hydrogen (secondary N) is 2. The number of benzene rings is 2. The van der Waals surface area contributed by atoms with Crippen molar-refractivity contribution >= 4 is 23.3 Å². The van der Waals surface area contributed by atoms with E-state index in [9.17, 15) is 9.59 Å². The van der Waals surface area contributed by atoms with Crippen LogP contribution in [0.5, 0.6) is 0 Å². The Morgan fingerprint density at radius 2 is 1.54 bits per heavy atom. The number of carbonyl (C=O) groups is 2. The molecule has 2 aromatic carbocycles. The van der Waals surface area contributed by atoms with E-state index in [1.54, 1.807) is 24.3 Å². The Bertz CT molecular complexity index is 692. The first-order valence-corrected chi connectivity index (χ1v) is 7.90. The van der Waals surface area contributed by atoms with Gasteiger partial charge in [0.25, 0.3) is 0 Å². The van der Waals surface area contributed by atoms with Gasteiger partial charge in [-0.1, -0.05) is 26.0 Å². The number of anilines is 2. The number of hydrogen-bond donors (Lipinski definition) is 3. The standard InChI is InChI=1S/C19H22N2O3/c1-13(2)11-18(22)21-17-9-7-16(8-10-17)20-12-14-3-5-15(6-4-14)19(23)24/h3-10,13,20H,11-12H2,1-2H3,(H,21,22)(H,23,24). The van der Waals surface area contributed by atoms with Crippen molar-refractivity contribution in [2.45, 2.75) is 26.8 Å². The van der Waals surface area contributed by atoms with Crippen LogP contribution in [-0.2, 0) is 11.3 Å². The molecule has 5 nitrogen and oxygen atoms in total. The molecule has 0 aromatic heterocycles. The van der Waals surface area contributed by atoms with E-state index in [1.165, 1.54) is 0 Å². The molecule has 0 radical (unpaired) electrons. The molecule has 0 bridgehead atoms. The Hall–Kier alpha value is -2.82. The van der Waals surface area contributed by atoms with Crippen molar-refractivity contribution in [1.82, 2.24) is 0 Å². The zero-order chi connectivity index (χ0) is 17.5. The maximum atomic E-state index is 11.7. The molecular weight excluding hydrogens is 304 g/mol. The second kappa shape index (κ2) is 8.15. The van der Waals surface area contributed by atoms with Gasteiger partial charge in [-0.25, -0.2) is 4.79 Å². The third-order valence-corrected chi connectivity index (χ3v) is 3.46. The van der Waals surface area contributed by atoms with Crippen LogP contribution in [-0.4, -0.2) is 17.0 Å². The molecule has 3 N–H and O–H groups in total. The van der Waals surface area contributed by atoms with E-state index in [-0.39, 0.29) is 11.5 Å². The Labute approximate surface area is 141 Å². The van der Waals surface area contributed by atoms with E-state index >= 15 is 0 Å². The maximum Gasteiger partial charge on any atom is 0.335 e. The van der Waals surface area contributed by atoms with Crippen LogP contribution in [0.1, 0.15) is 36.2 Å². The summed E-state index contributed by atoms with van der Waals surface area (Å²) >= 11 is 0. The van der Waals surface area contributed by atoms with Gasteiger partial charge in [0.05, 0.1) is 5.56 Å². The van der Waals surface area contributed by atoms with Crippen molar-refractivity contribution in [3.05, 3.63) is 59.7 Å². The van der Waals surface area contributed by atoms with E-state index < -0.39 is 5.97 Å². The third-order valence-electron chi connectivity index (χ3n) is 3.46. The summed E-state index contributed by atoms with van der Waals surface area (Å²) in [7, 11) is 0. The lowest BCUT2D eigenvalue weighted by Crippen LogP contribution is -2.13. The van der Waals surface area contributed by atoms with Crippen LogP contribution in [0, 0.1) is 5.92 Å². The molecule has 0 aliphatic heterocycles. The van der Waals surface area contributed by atoms with Crippen LogP contribution < -0.4 is 10.6 Å². The molecule has 5 heteroatoms. The molecule has 0 spiro atoms. The first-order valence-electron chi connectivity index (χ1n) is 7.90. The summed E-state index contributed by atoms with van der Waals surface area (Å²) < 4.78 is 0. The van der Waals surface area contributed by atoms with E-state index in [0.29, 0.717) is 18.9 Å². The Balaban J connectivity index is 1.87. The molecule has 0 aliphatic rings. The van der Waals surface area contributed by atoms with Crippen LogP contribution in [0.2, 0.25) is 0 Å². The molecule has 2 aromatic rings. The molecule has 0 unspecified atom stereocenters. The normalized spacial score (nSPS) is 10.5. The highest BCUT2D eigenvalue weighted by Crippen LogP contribution is 2.15. The van der Waals surface area contributed by atoms with Gasteiger partial charge in [-0.3, -0.25) is 4.79 Å². The topological polar surface area (TPSA) is 78.4 Å². The van der Waals surface area contributed by atoms with Gasteiger partial charge in [-0.2, -0.15) is 0 Å². The minimum atomic E-state index is -0.926. The largest absolute Gasteiger partial charge is 0.478 e. The summed E-state index contributed by atoms with van der Waals surface area (Å²) in [5.41, 5.74) is 2.98. The molecule has 0 fully saturated rings. The smallest absolute Gasteiger partial charge is 0.335 e. The molecule has 126 valence electrons. The van der Waals surface area contributed by atoms with Crippen molar-refractivity contribution in [2.75, 3.05) is 10.6 Å². The van der Waals surface area contributed by atoms with Gasteiger partial charge in [0.15, 0.2) is 0 Å². The van der Waals surface area contributed by atoms with Gasteiger partial charge in [-0.05, 0) is 47.9 Å². The van der Waals surface area contributed by atoms with Gasteiger partial charge in [0, 0.05) is 24.3 Å². The van der Waals surface area contributed by atoms with Gasteiger partial charge < -0.3 is 15.7 Å². The van der Waals surface area contributed by atoms with E-state index in [2.05, 4.69) is 10.6 Å². The summed E-state index contributed by atoms with van der Waals surface area (Å²) in [6.45, 7) is 4.62. The lowest BCUT2D eigenvalue weighted by molar-refractivity contribution is -0.116. The maximum absolute atomic E-state index is 11.7. The predicted octanol–water partition coefficient (Wildman–Crippen LogP) is 3.98. The van der Waals surface area contributed by atoms with Crippen molar-refractivity contribution in [1.29, 1.82) is 0 Å². The van der Waals surface area contributed by atoms with Crippen molar-refractivity contribution in [2.24, 2.45) is 5.92 Å². The first kappa shape index (κ1) is 17.5. The van der Waals surface area contributed by atoms with Crippen LogP contribution >= 0.6 is 0 Å². The highest BCUT2D eigenvalue weighted by Gasteiger charge is 2.05. The fourth-order valence-corrected chi connectivity index (χ4v) is 2.22. The Morgan fingerprint density at radius 3 is 2.08 bits per heavy atom. The molecule has 0 aliphatic carbocycles. The van der Waals surface area contributed by atoms with Crippen molar-refractivity contribution < 1.29 is 14.7 Å². The molecule has 0 saturated heterocycles. The fourth-order valence-electron chi connectivity index (χ4n) is 2.22. The van der Waals surface area contributed by atoms with Gasteiger partial charge >= 0.3 is 5.97 Å². The van der Waals surface area contributed by atoms with Crippen LogP contribution in [0.25, 0.3) is 0 Å². The highest BCUT2D eigenvalue weighted by molar-refractivity contribution is 5.91. The summed E-state index contributed by atoms with van der Waals surface area (Å²) in [6, 6.07) is 14.3. The van der Waals surface area contributed by atoms with Gasteiger partial charge in [0.2, 0.25) is 5.91 Å². The van der Waals surface area contributed by atoms with Gasteiger partial charge in [-0.15, -0.1) is 0 Å². The molecule has 24 heavy (non-hydrogen) atoms. The highest BCUT2D eigenvalue weighted by atomic mass is 16.4. The minimum absolute atomic E-state index is 0.0178. The number of aromatic carboxylic acids is 1. The van der Waals surface area contributed by atoms with Crippen LogP contribution in [0.4, 0.5) is 11.4 Å². The average Bonchev–Trinajstić information content (AvgIpc) is 2.54. The van der Waals surface area contributed by atoms with E-state index in [4.69, 9.17) is 5.11 Å². The Morgan fingerprint density at radius 1 is 0.958 bits per heavy atom. The number of rotatable bonds is 7. The monoisotopic (exact) mass is 326 g/mol. The van der Waals surface area contributed by atoms with E-state index in [1.807, 2.05) is 38.1 Å². The fraction of sp³-hybridized carbons (Fsp3) is 0.263. The molecule has 0 heterocycles. The minimum Gasteiger partial charge on any atom is -0.478 e. The second-order valence-corrected chi connectivity index (χ2v) is 6.08. The predicted molar refractivity (Wildman–Crippen MR) is 95.3 cm³/mol. The quantitative estimate of drug-likeness (QED) is 0.719. The summed E-state index contributed by atoms with van der Waals surface area (Å²) in [5.74, 6) is -0.577. The lowest BCUT2D eigenvalue weighted by Gasteiger charge is -2.10. The van der Waals surface area contributed by atoms with Crippen LogP contribution in [0.15, 0.2) is 48.5 Å². The Kier molecular flexibility index (Phi) is 5.95. The SMILES string of the molecule is CC(C)CC(=O)Nc1ccc(NCc2ccc(C(=O)O)cc2)cc1. The summed E-state index contributed by atoms with van der Waals surface area (Å²) in [4.78, 5) is 22.5. The molecule has 0 saturated carbocycles. The summed E-state index contributed by atoms with van der Waals surface area (Å²) in [6.07, 6.45) is 0.506. The number of hydrogen-bond acceptors (Lipinski definition) is 3. The van der Waals surface area contributed by atoms with Gasteiger partial charge in [0.1, 0.15) is 0 Å². The number of carboxylic acids is 1. The average molecular weight is 326 g/mol. The van der Waals surface area contributed by atoms with E-state index in [0.717, 1.165) is 16.9 Å². The summed E-state index contributed by atoms with van der Waals surface area (Å²) in [5, 5.41) is 15.0. The van der Waals surface area contributed by atoms with Crippen molar-refractivity contribution in [3.63, 3.8) is 0 Å². The number of amides is 1. The lowest BCUT2D eigenvalue weighted by atomic mass is 10.1. The number of carbonyl (C=O) groups excluding carboxylic acids is 1. The van der Waals surface area contributed by atoms with Crippen LogP contribution in [0.3, 0.4) is 0 Å². The number of carboxylic acid groups (broad SMARTS) is 1. The second-order valence-electron chi connectivity index (χ2n) is 6.08. The molecule has 1 amide bonds. The zero-order valence-corrected chi connectivity index (χ0v) is 13.9.